The SMILES string of the molecule is Cc1cncc2cccc(S(=O)N3CCc4ccc(Cl)cc43)c12. The van der Waals surface area contributed by atoms with E-state index in [1.807, 2.05) is 60.0 Å². The number of hydrogen-bond donors (Lipinski definition) is 0. The minimum Gasteiger partial charge on any atom is -0.287 e. The average molecular weight is 343 g/mol. The Hall–Kier alpha value is -1.91. The van der Waals surface area contributed by atoms with Gasteiger partial charge in [0.15, 0.2) is 11.0 Å². The Kier molecular flexibility index (Phi) is 3.58. The lowest BCUT2D eigenvalue weighted by Crippen LogP contribution is -2.23. The molecule has 0 spiro atoms. The van der Waals surface area contributed by atoms with E-state index in [1.165, 1.54) is 5.56 Å². The lowest BCUT2D eigenvalue weighted by Gasteiger charge is -2.20. The molecule has 23 heavy (non-hydrogen) atoms. The lowest BCUT2D eigenvalue weighted by atomic mass is 10.1. The number of aromatic nitrogens is 1. The van der Waals surface area contributed by atoms with Crippen LogP contribution in [0.25, 0.3) is 10.8 Å². The summed E-state index contributed by atoms with van der Waals surface area (Å²) in [6, 6.07) is 11.7. The van der Waals surface area contributed by atoms with Gasteiger partial charge in [-0.15, -0.1) is 0 Å². The molecule has 2 heterocycles. The van der Waals surface area contributed by atoms with Gasteiger partial charge in [-0.3, -0.25) is 9.29 Å². The molecular weight excluding hydrogens is 328 g/mol. The van der Waals surface area contributed by atoms with Crippen LogP contribution in [0, 0.1) is 6.92 Å². The van der Waals surface area contributed by atoms with Gasteiger partial charge in [-0.25, -0.2) is 4.21 Å². The number of nitrogens with zero attached hydrogens (tertiary/aromatic N) is 2. The van der Waals surface area contributed by atoms with E-state index in [-0.39, 0.29) is 0 Å². The van der Waals surface area contributed by atoms with Crippen molar-refractivity contribution in [2.75, 3.05) is 10.8 Å². The summed E-state index contributed by atoms with van der Waals surface area (Å²) in [4.78, 5) is 5.06. The first-order chi connectivity index (χ1) is 11.1. The molecule has 0 aliphatic carbocycles. The number of rotatable bonds is 2. The molecule has 1 atom stereocenters. The fourth-order valence-electron chi connectivity index (χ4n) is 3.13. The van der Waals surface area contributed by atoms with Gasteiger partial charge in [0.2, 0.25) is 0 Å². The molecule has 0 saturated carbocycles. The molecule has 0 saturated heterocycles. The maximum Gasteiger partial charge on any atom is 0.153 e. The Bertz CT molecular complexity index is 936. The van der Waals surface area contributed by atoms with E-state index in [4.69, 9.17) is 11.6 Å². The number of halogens is 1. The van der Waals surface area contributed by atoms with Crippen LogP contribution >= 0.6 is 11.6 Å². The predicted molar refractivity (Wildman–Crippen MR) is 95.4 cm³/mol. The summed E-state index contributed by atoms with van der Waals surface area (Å²) < 4.78 is 15.2. The van der Waals surface area contributed by atoms with E-state index >= 15 is 0 Å². The van der Waals surface area contributed by atoms with E-state index in [0.29, 0.717) is 5.02 Å². The first kappa shape index (κ1) is 14.7. The highest BCUT2D eigenvalue weighted by Crippen LogP contribution is 2.35. The predicted octanol–water partition coefficient (Wildman–Crippen LogP) is 4.28. The third-order valence-corrected chi connectivity index (χ3v) is 5.95. The molecule has 0 fully saturated rings. The Morgan fingerprint density at radius 3 is 2.96 bits per heavy atom. The van der Waals surface area contributed by atoms with Crippen molar-refractivity contribution < 1.29 is 4.21 Å². The van der Waals surface area contributed by atoms with Crippen molar-refractivity contribution in [2.45, 2.75) is 18.2 Å². The van der Waals surface area contributed by atoms with E-state index in [2.05, 4.69) is 4.98 Å². The van der Waals surface area contributed by atoms with E-state index in [1.54, 1.807) is 0 Å². The van der Waals surface area contributed by atoms with Crippen LogP contribution in [0.4, 0.5) is 5.69 Å². The fourth-order valence-corrected chi connectivity index (χ4v) is 4.79. The number of fused-ring (bicyclic) bond motifs is 2. The maximum absolute atomic E-state index is 13.3. The molecular formula is C18H15ClN2OS. The highest BCUT2D eigenvalue weighted by Gasteiger charge is 2.26. The van der Waals surface area contributed by atoms with Crippen LogP contribution in [-0.2, 0) is 17.4 Å². The Labute approximate surface area is 142 Å². The first-order valence-corrected chi connectivity index (χ1v) is 8.95. The van der Waals surface area contributed by atoms with Gasteiger partial charge in [-0.1, -0.05) is 29.8 Å². The Balaban J connectivity index is 1.85. The molecule has 0 radical (unpaired) electrons. The summed E-state index contributed by atoms with van der Waals surface area (Å²) in [5, 5.41) is 2.71. The van der Waals surface area contributed by atoms with Gasteiger partial charge in [0.25, 0.3) is 0 Å². The average Bonchev–Trinajstić information content (AvgIpc) is 2.97. The van der Waals surface area contributed by atoms with Crippen LogP contribution in [0.2, 0.25) is 5.02 Å². The number of anilines is 1. The van der Waals surface area contributed by atoms with E-state index in [9.17, 15) is 4.21 Å². The third-order valence-electron chi connectivity index (χ3n) is 4.22. The molecule has 3 nitrogen and oxygen atoms in total. The van der Waals surface area contributed by atoms with Crippen molar-refractivity contribution in [3.8, 4) is 0 Å². The lowest BCUT2D eigenvalue weighted by molar-refractivity contribution is 0.681. The Morgan fingerprint density at radius 2 is 2.09 bits per heavy atom. The minimum absolute atomic E-state index is 0.672. The zero-order chi connectivity index (χ0) is 16.0. The maximum atomic E-state index is 13.3. The quantitative estimate of drug-likeness (QED) is 0.696. The van der Waals surface area contributed by atoms with Crippen molar-refractivity contribution in [3.05, 3.63) is 64.9 Å². The van der Waals surface area contributed by atoms with E-state index in [0.717, 1.165) is 39.9 Å². The number of hydrogen-bond acceptors (Lipinski definition) is 2. The molecule has 0 bridgehead atoms. The molecule has 0 amide bonds. The van der Waals surface area contributed by atoms with E-state index < -0.39 is 11.0 Å². The van der Waals surface area contributed by atoms with Crippen LogP contribution in [0.3, 0.4) is 0 Å². The summed E-state index contributed by atoms with van der Waals surface area (Å²) >= 11 is 6.13. The van der Waals surface area contributed by atoms with Crippen LogP contribution in [-0.4, -0.2) is 15.7 Å². The monoisotopic (exact) mass is 342 g/mol. The molecule has 2 aromatic carbocycles. The molecule has 5 heteroatoms. The van der Waals surface area contributed by atoms with Gasteiger partial charge < -0.3 is 0 Å². The van der Waals surface area contributed by atoms with Gasteiger partial charge in [0.1, 0.15) is 0 Å². The zero-order valence-electron chi connectivity index (χ0n) is 12.6. The summed E-state index contributed by atoms with van der Waals surface area (Å²) in [5.74, 6) is 0. The Morgan fingerprint density at radius 1 is 1.22 bits per heavy atom. The molecule has 4 rings (SSSR count). The largest absolute Gasteiger partial charge is 0.287 e. The molecule has 1 aliphatic heterocycles. The first-order valence-electron chi connectivity index (χ1n) is 7.46. The molecule has 3 aromatic rings. The third kappa shape index (κ3) is 2.42. The second-order valence-electron chi connectivity index (χ2n) is 5.68. The van der Waals surface area contributed by atoms with Crippen LogP contribution in [0.1, 0.15) is 11.1 Å². The van der Waals surface area contributed by atoms with Gasteiger partial charge in [-0.2, -0.15) is 0 Å². The van der Waals surface area contributed by atoms with Crippen LogP contribution in [0.5, 0.6) is 0 Å². The second-order valence-corrected chi connectivity index (χ2v) is 7.50. The highest BCUT2D eigenvalue weighted by molar-refractivity contribution is 7.86. The van der Waals surface area contributed by atoms with Crippen molar-refractivity contribution >= 4 is 39.0 Å². The molecule has 0 N–H and O–H groups in total. The van der Waals surface area contributed by atoms with Gasteiger partial charge in [0, 0.05) is 34.7 Å². The van der Waals surface area contributed by atoms with Gasteiger partial charge >= 0.3 is 0 Å². The van der Waals surface area contributed by atoms with Crippen LogP contribution in [0.15, 0.2) is 53.7 Å². The van der Waals surface area contributed by atoms with Crippen LogP contribution < -0.4 is 4.31 Å². The summed E-state index contributed by atoms with van der Waals surface area (Å²) in [6.45, 7) is 2.74. The number of pyridine rings is 1. The summed E-state index contributed by atoms with van der Waals surface area (Å²) in [6.07, 6.45) is 4.53. The molecule has 1 aromatic heterocycles. The smallest absolute Gasteiger partial charge is 0.153 e. The highest BCUT2D eigenvalue weighted by atomic mass is 35.5. The topological polar surface area (TPSA) is 33.2 Å². The number of benzene rings is 2. The van der Waals surface area contributed by atoms with Crippen molar-refractivity contribution in [1.82, 2.24) is 4.98 Å². The van der Waals surface area contributed by atoms with Crippen molar-refractivity contribution in [2.24, 2.45) is 0 Å². The second kappa shape index (κ2) is 5.62. The minimum atomic E-state index is -1.27. The summed E-state index contributed by atoms with van der Waals surface area (Å²) in [7, 11) is -1.27. The normalized spacial score (nSPS) is 15.0. The van der Waals surface area contributed by atoms with Crippen molar-refractivity contribution in [1.29, 1.82) is 0 Å². The zero-order valence-corrected chi connectivity index (χ0v) is 14.2. The van der Waals surface area contributed by atoms with Gasteiger partial charge in [0.05, 0.1) is 10.6 Å². The standard InChI is InChI=1S/C18H15ClN2OS/c1-12-10-20-11-14-3-2-4-17(18(12)14)23(22)21-8-7-13-5-6-15(19)9-16(13)21/h2-6,9-11H,7-8H2,1H3. The molecule has 1 aliphatic rings. The molecule has 1 unspecified atom stereocenters. The fraction of sp³-hybridized carbons (Fsp3) is 0.167. The molecule has 116 valence electrons. The van der Waals surface area contributed by atoms with Crippen molar-refractivity contribution in [3.63, 3.8) is 0 Å². The number of aryl methyl sites for hydroxylation is 1. The van der Waals surface area contributed by atoms with Gasteiger partial charge in [-0.05, 0) is 42.7 Å². The summed E-state index contributed by atoms with van der Waals surface area (Å²) in [5.41, 5.74) is 3.21.